The van der Waals surface area contributed by atoms with Crippen molar-refractivity contribution in [3.8, 4) is 17.0 Å². The number of methoxy groups -OCH3 is 1. The van der Waals surface area contributed by atoms with Crippen LogP contribution in [0.5, 0.6) is 5.75 Å². The van der Waals surface area contributed by atoms with Crippen LogP contribution in [-0.4, -0.2) is 29.1 Å². The fourth-order valence-corrected chi connectivity index (χ4v) is 3.42. The second-order valence-electron chi connectivity index (χ2n) is 7.27. The first-order chi connectivity index (χ1) is 14.8. The zero-order valence-electron chi connectivity index (χ0n) is 17.5. The maximum absolute atomic E-state index is 13.0. The number of carbonyl (C=O) groups is 2. The summed E-state index contributed by atoms with van der Waals surface area (Å²) in [5.74, 6) is -1.02. The number of pyridine rings is 1. The summed E-state index contributed by atoms with van der Waals surface area (Å²) >= 11 is 6.36. The summed E-state index contributed by atoms with van der Waals surface area (Å²) in [6.45, 7) is 3.87. The smallest absolute Gasteiger partial charge is 0.305 e. The van der Waals surface area contributed by atoms with E-state index in [0.29, 0.717) is 27.6 Å². The first kappa shape index (κ1) is 22.3. The number of nitrogens with zero attached hydrogens (tertiary/aromatic N) is 1. The summed E-state index contributed by atoms with van der Waals surface area (Å²) in [5, 5.41) is 12.6. The molecule has 2 N–H and O–H groups in total. The van der Waals surface area contributed by atoms with Crippen LogP contribution in [0.2, 0.25) is 5.02 Å². The van der Waals surface area contributed by atoms with Gasteiger partial charge < -0.3 is 15.2 Å². The van der Waals surface area contributed by atoms with Gasteiger partial charge in [-0.2, -0.15) is 0 Å². The molecule has 0 aliphatic carbocycles. The highest BCUT2D eigenvalue weighted by atomic mass is 35.5. The third-order valence-electron chi connectivity index (χ3n) is 4.85. The van der Waals surface area contributed by atoms with Gasteiger partial charge in [0, 0.05) is 5.56 Å². The number of nitrogens with one attached hydrogen (secondary N) is 1. The van der Waals surface area contributed by atoms with Gasteiger partial charge in [-0.05, 0) is 43.7 Å². The fraction of sp³-hybridized carbons (Fsp3) is 0.208. The van der Waals surface area contributed by atoms with Crippen LogP contribution < -0.4 is 10.1 Å². The van der Waals surface area contributed by atoms with Crippen molar-refractivity contribution >= 4 is 23.5 Å². The number of benzene rings is 2. The lowest BCUT2D eigenvalue weighted by Crippen LogP contribution is -2.31. The van der Waals surface area contributed by atoms with Crippen molar-refractivity contribution in [3.63, 3.8) is 0 Å². The van der Waals surface area contributed by atoms with Crippen LogP contribution in [0.25, 0.3) is 11.3 Å². The van der Waals surface area contributed by atoms with Gasteiger partial charge in [0.25, 0.3) is 5.91 Å². The SMILES string of the molecule is COc1ccc(C(=O)N[C@@H](CC(=O)O)c2ccc(C)cc2)nc1-c1cc(C)ccc1Cl. The normalized spacial score (nSPS) is 11.6. The van der Waals surface area contributed by atoms with Gasteiger partial charge in [-0.25, -0.2) is 4.98 Å². The van der Waals surface area contributed by atoms with Gasteiger partial charge >= 0.3 is 5.97 Å². The predicted octanol–water partition coefficient (Wildman–Crippen LogP) is 4.97. The van der Waals surface area contributed by atoms with Crippen molar-refractivity contribution in [2.45, 2.75) is 26.3 Å². The molecule has 0 fully saturated rings. The Morgan fingerprint density at radius 2 is 1.74 bits per heavy atom. The molecule has 2 aromatic carbocycles. The molecule has 0 saturated carbocycles. The molecular formula is C24H23ClN2O4. The molecule has 6 nitrogen and oxygen atoms in total. The lowest BCUT2D eigenvalue weighted by molar-refractivity contribution is -0.137. The summed E-state index contributed by atoms with van der Waals surface area (Å²) < 4.78 is 5.41. The first-order valence-corrected chi connectivity index (χ1v) is 10.1. The van der Waals surface area contributed by atoms with Crippen LogP contribution in [0.1, 0.15) is 39.6 Å². The minimum Gasteiger partial charge on any atom is -0.494 e. The van der Waals surface area contributed by atoms with Gasteiger partial charge in [-0.1, -0.05) is 53.1 Å². The highest BCUT2D eigenvalue weighted by molar-refractivity contribution is 6.33. The minimum absolute atomic E-state index is 0.135. The van der Waals surface area contributed by atoms with Gasteiger partial charge in [0.15, 0.2) is 0 Å². The Bertz CT molecular complexity index is 1110. The third kappa shape index (κ3) is 5.41. The van der Waals surface area contributed by atoms with Crippen LogP contribution in [-0.2, 0) is 4.79 Å². The van der Waals surface area contributed by atoms with Crippen LogP contribution in [0.15, 0.2) is 54.6 Å². The number of ether oxygens (including phenoxy) is 1. The average molecular weight is 439 g/mol. The number of aliphatic carboxylic acids is 1. The Morgan fingerprint density at radius 3 is 2.39 bits per heavy atom. The molecule has 0 bridgehead atoms. The number of carbonyl (C=O) groups excluding carboxylic acids is 1. The van der Waals surface area contributed by atoms with Crippen molar-refractivity contribution in [1.82, 2.24) is 10.3 Å². The van der Waals surface area contributed by atoms with Crippen molar-refractivity contribution in [1.29, 1.82) is 0 Å². The number of hydrogen-bond acceptors (Lipinski definition) is 4. The molecule has 0 saturated heterocycles. The molecule has 1 atom stereocenters. The Morgan fingerprint density at radius 1 is 1.06 bits per heavy atom. The summed E-state index contributed by atoms with van der Waals surface area (Å²) in [5.41, 5.74) is 3.95. The van der Waals surface area contributed by atoms with E-state index in [1.807, 2.05) is 50.2 Å². The van der Waals surface area contributed by atoms with Crippen molar-refractivity contribution in [2.75, 3.05) is 7.11 Å². The number of aromatic nitrogens is 1. The lowest BCUT2D eigenvalue weighted by atomic mass is 10.0. The number of aryl methyl sites for hydroxylation is 2. The maximum Gasteiger partial charge on any atom is 0.305 e. The average Bonchev–Trinajstić information content (AvgIpc) is 2.74. The second-order valence-corrected chi connectivity index (χ2v) is 7.67. The van der Waals surface area contributed by atoms with Gasteiger partial charge in [-0.3, -0.25) is 9.59 Å². The molecule has 7 heteroatoms. The molecule has 1 heterocycles. The molecule has 0 spiro atoms. The van der Waals surface area contributed by atoms with Gasteiger partial charge in [0.05, 0.1) is 24.6 Å². The molecule has 160 valence electrons. The first-order valence-electron chi connectivity index (χ1n) is 9.69. The quantitative estimate of drug-likeness (QED) is 0.543. The van der Waals surface area contributed by atoms with Crippen LogP contribution in [0.3, 0.4) is 0 Å². The largest absolute Gasteiger partial charge is 0.494 e. The monoisotopic (exact) mass is 438 g/mol. The van der Waals surface area contributed by atoms with Crippen LogP contribution in [0, 0.1) is 13.8 Å². The topological polar surface area (TPSA) is 88.5 Å². The molecule has 0 aliphatic heterocycles. The summed E-state index contributed by atoms with van der Waals surface area (Å²) in [6, 6.07) is 15.4. The third-order valence-corrected chi connectivity index (χ3v) is 5.18. The summed E-state index contributed by atoms with van der Waals surface area (Å²) in [4.78, 5) is 28.8. The van der Waals surface area contributed by atoms with E-state index >= 15 is 0 Å². The Hall–Kier alpha value is -3.38. The number of amides is 1. The molecule has 1 amide bonds. The summed E-state index contributed by atoms with van der Waals surface area (Å²) in [6.07, 6.45) is -0.248. The Kier molecular flexibility index (Phi) is 6.92. The zero-order valence-corrected chi connectivity index (χ0v) is 18.2. The van der Waals surface area contributed by atoms with E-state index in [1.54, 1.807) is 12.1 Å². The van der Waals surface area contributed by atoms with Crippen molar-refractivity contribution in [3.05, 3.63) is 82.0 Å². The van der Waals surface area contributed by atoms with E-state index in [1.165, 1.54) is 13.2 Å². The molecule has 31 heavy (non-hydrogen) atoms. The van der Waals surface area contributed by atoms with Crippen molar-refractivity contribution < 1.29 is 19.4 Å². The Labute approximate surface area is 185 Å². The predicted molar refractivity (Wildman–Crippen MR) is 120 cm³/mol. The van der Waals surface area contributed by atoms with Gasteiger partial charge in [0.2, 0.25) is 0 Å². The number of carboxylic acid groups (broad SMARTS) is 1. The van der Waals surface area contributed by atoms with E-state index in [-0.39, 0.29) is 12.1 Å². The second kappa shape index (κ2) is 9.62. The lowest BCUT2D eigenvalue weighted by Gasteiger charge is -2.18. The van der Waals surface area contributed by atoms with E-state index in [4.69, 9.17) is 16.3 Å². The number of rotatable bonds is 7. The molecule has 1 aromatic heterocycles. The van der Waals surface area contributed by atoms with Gasteiger partial charge in [-0.15, -0.1) is 0 Å². The molecular weight excluding hydrogens is 416 g/mol. The Balaban J connectivity index is 1.95. The molecule has 0 aliphatic rings. The standard InChI is InChI=1S/C24H23ClN2O4/c1-14-4-7-16(8-5-14)20(13-22(28)29)27-24(30)19-10-11-21(31-3)23(26-19)17-12-15(2)6-9-18(17)25/h4-12,20H,13H2,1-3H3,(H,27,30)(H,28,29)/t20-/m0/s1. The zero-order chi connectivity index (χ0) is 22.5. The van der Waals surface area contributed by atoms with Crippen LogP contribution in [0.4, 0.5) is 0 Å². The molecule has 3 aromatic rings. The highest BCUT2D eigenvalue weighted by Crippen LogP contribution is 2.34. The molecule has 0 radical (unpaired) electrons. The highest BCUT2D eigenvalue weighted by Gasteiger charge is 2.21. The van der Waals surface area contributed by atoms with E-state index < -0.39 is 17.9 Å². The molecule has 0 unspecified atom stereocenters. The van der Waals surface area contributed by atoms with E-state index in [0.717, 1.165) is 11.1 Å². The maximum atomic E-state index is 13.0. The van der Waals surface area contributed by atoms with Gasteiger partial charge in [0.1, 0.15) is 17.1 Å². The number of carboxylic acids is 1. The van der Waals surface area contributed by atoms with Crippen LogP contribution >= 0.6 is 11.6 Å². The summed E-state index contributed by atoms with van der Waals surface area (Å²) in [7, 11) is 1.52. The molecule has 3 rings (SSSR count). The fourth-order valence-electron chi connectivity index (χ4n) is 3.21. The number of hydrogen-bond donors (Lipinski definition) is 2. The van der Waals surface area contributed by atoms with Crippen molar-refractivity contribution in [2.24, 2.45) is 0 Å². The number of halogens is 1. The van der Waals surface area contributed by atoms with E-state index in [2.05, 4.69) is 10.3 Å². The van der Waals surface area contributed by atoms with E-state index in [9.17, 15) is 14.7 Å². The minimum atomic E-state index is -1.01.